The van der Waals surface area contributed by atoms with Gasteiger partial charge < -0.3 is 14.4 Å². The third-order valence-corrected chi connectivity index (χ3v) is 6.75. The summed E-state index contributed by atoms with van der Waals surface area (Å²) in [7, 11) is 0. The number of amides is 2. The highest BCUT2D eigenvalue weighted by molar-refractivity contribution is 5.96. The van der Waals surface area contributed by atoms with Crippen molar-refractivity contribution < 1.29 is 14.0 Å². The summed E-state index contributed by atoms with van der Waals surface area (Å²) in [6.45, 7) is 5.13. The van der Waals surface area contributed by atoms with Gasteiger partial charge in [0.2, 0.25) is 11.8 Å². The summed E-state index contributed by atoms with van der Waals surface area (Å²) >= 11 is 0. The van der Waals surface area contributed by atoms with Crippen LogP contribution in [0.25, 0.3) is 11.0 Å². The summed E-state index contributed by atoms with van der Waals surface area (Å²) < 4.78 is 15.4. The molecule has 7 heteroatoms. The lowest BCUT2D eigenvalue weighted by Crippen LogP contribution is -2.39. The van der Waals surface area contributed by atoms with Crippen LogP contribution >= 0.6 is 0 Å². The molecule has 1 aliphatic heterocycles. The standard InChI is InChI=1S/C29H29FN4O2/c1-20(2)32(17-21-8-4-3-5-9-21)28(36)19-34-26-11-7-6-10-25(26)31-29(34)22-16-27(35)33(18-22)24-14-12-23(30)13-15-24/h3-15,20,22H,16-19H2,1-2H3. The van der Waals surface area contributed by atoms with E-state index in [-0.39, 0.29) is 42.6 Å². The molecule has 1 fully saturated rings. The number of benzene rings is 3. The van der Waals surface area contributed by atoms with E-state index in [1.54, 1.807) is 17.0 Å². The van der Waals surface area contributed by atoms with Crippen molar-refractivity contribution in [1.29, 1.82) is 0 Å². The second-order valence-corrected chi connectivity index (χ2v) is 9.53. The van der Waals surface area contributed by atoms with Gasteiger partial charge in [0.25, 0.3) is 0 Å². The van der Waals surface area contributed by atoms with Crippen LogP contribution in [0.5, 0.6) is 0 Å². The molecule has 2 amide bonds. The molecule has 0 N–H and O–H groups in total. The molecule has 36 heavy (non-hydrogen) atoms. The predicted octanol–water partition coefficient (Wildman–Crippen LogP) is 5.13. The molecule has 0 spiro atoms. The Morgan fingerprint density at radius 2 is 1.72 bits per heavy atom. The zero-order chi connectivity index (χ0) is 25.2. The summed E-state index contributed by atoms with van der Waals surface area (Å²) in [4.78, 5) is 34.9. The van der Waals surface area contributed by atoms with Crippen molar-refractivity contribution in [3.63, 3.8) is 0 Å². The number of hydrogen-bond acceptors (Lipinski definition) is 3. The van der Waals surface area contributed by atoms with Gasteiger partial charge in [-0.2, -0.15) is 0 Å². The Bertz CT molecular complexity index is 1380. The van der Waals surface area contributed by atoms with E-state index in [9.17, 15) is 14.0 Å². The van der Waals surface area contributed by atoms with E-state index in [0.29, 0.717) is 18.8 Å². The van der Waals surface area contributed by atoms with Gasteiger partial charge >= 0.3 is 0 Å². The number of fused-ring (bicyclic) bond motifs is 1. The number of aromatic nitrogens is 2. The van der Waals surface area contributed by atoms with Crippen LogP contribution in [0.15, 0.2) is 78.9 Å². The normalized spacial score (nSPS) is 15.7. The fourth-order valence-corrected chi connectivity index (χ4v) is 4.89. The van der Waals surface area contributed by atoms with Crippen molar-refractivity contribution in [2.45, 2.75) is 45.3 Å². The van der Waals surface area contributed by atoms with E-state index in [1.165, 1.54) is 12.1 Å². The molecule has 0 aliphatic carbocycles. The summed E-state index contributed by atoms with van der Waals surface area (Å²) in [5.74, 6) is 0.171. The number of halogens is 1. The van der Waals surface area contributed by atoms with Gasteiger partial charge in [0.15, 0.2) is 0 Å². The maximum atomic E-state index is 13.6. The molecule has 5 rings (SSSR count). The molecule has 4 aromatic rings. The molecular weight excluding hydrogens is 455 g/mol. The van der Waals surface area contributed by atoms with Gasteiger partial charge in [0.1, 0.15) is 18.2 Å². The minimum atomic E-state index is -0.340. The predicted molar refractivity (Wildman–Crippen MR) is 138 cm³/mol. The molecule has 1 aliphatic rings. The third-order valence-electron chi connectivity index (χ3n) is 6.75. The van der Waals surface area contributed by atoms with Gasteiger partial charge in [-0.1, -0.05) is 42.5 Å². The van der Waals surface area contributed by atoms with E-state index in [2.05, 4.69) is 0 Å². The number of para-hydroxylation sites is 2. The van der Waals surface area contributed by atoms with Gasteiger partial charge in [-0.05, 0) is 55.8 Å². The molecular formula is C29H29FN4O2. The minimum Gasteiger partial charge on any atom is -0.334 e. The molecule has 0 saturated carbocycles. The molecule has 0 radical (unpaired) electrons. The van der Waals surface area contributed by atoms with Gasteiger partial charge in [-0.25, -0.2) is 9.37 Å². The van der Waals surface area contributed by atoms with Crippen LogP contribution in [0.3, 0.4) is 0 Å². The highest BCUT2D eigenvalue weighted by atomic mass is 19.1. The van der Waals surface area contributed by atoms with Gasteiger partial charge in [0.05, 0.1) is 11.0 Å². The zero-order valence-corrected chi connectivity index (χ0v) is 20.5. The van der Waals surface area contributed by atoms with Crippen LogP contribution in [0.1, 0.15) is 37.6 Å². The maximum Gasteiger partial charge on any atom is 0.243 e. The Hall–Kier alpha value is -4.00. The second-order valence-electron chi connectivity index (χ2n) is 9.53. The van der Waals surface area contributed by atoms with Gasteiger partial charge in [-0.15, -0.1) is 0 Å². The molecule has 3 aromatic carbocycles. The Balaban J connectivity index is 1.45. The van der Waals surface area contributed by atoms with Crippen LogP contribution < -0.4 is 4.90 Å². The topological polar surface area (TPSA) is 58.4 Å². The van der Waals surface area contributed by atoms with Crippen molar-refractivity contribution in [2.24, 2.45) is 0 Å². The SMILES string of the molecule is CC(C)N(Cc1ccccc1)C(=O)Cn1c(C2CC(=O)N(c3ccc(F)cc3)C2)nc2ccccc21. The Labute approximate surface area is 210 Å². The Morgan fingerprint density at radius 1 is 1.03 bits per heavy atom. The van der Waals surface area contributed by atoms with Crippen molar-refractivity contribution in [3.05, 3.63) is 96.1 Å². The first kappa shape index (κ1) is 23.7. The molecule has 0 bridgehead atoms. The highest BCUT2D eigenvalue weighted by Crippen LogP contribution is 2.33. The molecule has 1 saturated heterocycles. The first-order chi connectivity index (χ1) is 17.4. The number of imidazole rings is 1. The summed E-state index contributed by atoms with van der Waals surface area (Å²) in [6, 6.07) is 23.7. The summed E-state index contributed by atoms with van der Waals surface area (Å²) in [5.41, 5.74) is 3.41. The molecule has 1 aromatic heterocycles. The maximum absolute atomic E-state index is 13.6. The largest absolute Gasteiger partial charge is 0.334 e. The molecule has 1 atom stereocenters. The molecule has 184 valence electrons. The lowest BCUT2D eigenvalue weighted by atomic mass is 10.1. The lowest BCUT2D eigenvalue weighted by molar-refractivity contribution is -0.134. The van der Waals surface area contributed by atoms with Crippen molar-refractivity contribution >= 4 is 28.5 Å². The van der Waals surface area contributed by atoms with Crippen molar-refractivity contribution in [2.75, 3.05) is 11.4 Å². The first-order valence-corrected chi connectivity index (χ1v) is 12.2. The third kappa shape index (κ3) is 4.73. The van der Waals surface area contributed by atoms with E-state index in [1.807, 2.05) is 77.9 Å². The Kier molecular flexibility index (Phi) is 6.55. The fourth-order valence-electron chi connectivity index (χ4n) is 4.89. The van der Waals surface area contributed by atoms with Crippen LogP contribution in [-0.4, -0.2) is 38.9 Å². The zero-order valence-electron chi connectivity index (χ0n) is 20.5. The first-order valence-electron chi connectivity index (χ1n) is 12.2. The number of carbonyl (C=O) groups is 2. The number of hydrogen-bond donors (Lipinski definition) is 0. The minimum absolute atomic E-state index is 0.00188. The van der Waals surface area contributed by atoms with Crippen LogP contribution in [0, 0.1) is 5.82 Å². The highest BCUT2D eigenvalue weighted by Gasteiger charge is 2.35. The number of rotatable bonds is 7. The van der Waals surface area contributed by atoms with Crippen LogP contribution in [-0.2, 0) is 22.7 Å². The smallest absolute Gasteiger partial charge is 0.243 e. The molecule has 6 nitrogen and oxygen atoms in total. The fraction of sp³-hybridized carbons (Fsp3) is 0.276. The van der Waals surface area contributed by atoms with Gasteiger partial charge in [-0.3, -0.25) is 9.59 Å². The lowest BCUT2D eigenvalue weighted by Gasteiger charge is -2.28. The second kappa shape index (κ2) is 9.93. The number of anilines is 1. The van der Waals surface area contributed by atoms with Gasteiger partial charge in [0, 0.05) is 37.2 Å². The van der Waals surface area contributed by atoms with Crippen molar-refractivity contribution in [1.82, 2.24) is 14.5 Å². The van der Waals surface area contributed by atoms with Crippen LogP contribution in [0.2, 0.25) is 0 Å². The quantitative estimate of drug-likeness (QED) is 0.365. The van der Waals surface area contributed by atoms with E-state index >= 15 is 0 Å². The summed E-state index contributed by atoms with van der Waals surface area (Å²) in [6.07, 6.45) is 0.285. The van der Waals surface area contributed by atoms with E-state index in [4.69, 9.17) is 4.98 Å². The average molecular weight is 485 g/mol. The average Bonchev–Trinajstić information content (AvgIpc) is 3.44. The van der Waals surface area contributed by atoms with E-state index in [0.717, 1.165) is 22.4 Å². The monoisotopic (exact) mass is 484 g/mol. The van der Waals surface area contributed by atoms with Crippen LogP contribution in [0.4, 0.5) is 10.1 Å². The molecule has 2 heterocycles. The molecule has 1 unspecified atom stereocenters. The number of nitrogens with zero attached hydrogens (tertiary/aromatic N) is 4. The van der Waals surface area contributed by atoms with E-state index < -0.39 is 0 Å². The summed E-state index contributed by atoms with van der Waals surface area (Å²) in [5, 5.41) is 0. The van der Waals surface area contributed by atoms with Crippen molar-refractivity contribution in [3.8, 4) is 0 Å². The Morgan fingerprint density at radius 3 is 2.44 bits per heavy atom. The number of carbonyl (C=O) groups excluding carboxylic acids is 2.